The first kappa shape index (κ1) is 22.2. The number of halogens is 1. The fraction of sp³-hybridized carbons (Fsp3) is 0.120. The maximum absolute atomic E-state index is 13.1. The van der Waals surface area contributed by atoms with Crippen molar-refractivity contribution in [2.75, 3.05) is 0 Å². The summed E-state index contributed by atoms with van der Waals surface area (Å²) in [7, 11) is 0. The third-order valence-corrected chi connectivity index (χ3v) is 6.87. The second kappa shape index (κ2) is 10.1. The average molecular weight is 490 g/mol. The molecule has 3 heterocycles. The largest absolute Gasteiger partial charge is 0.486 e. The van der Waals surface area contributed by atoms with E-state index in [-0.39, 0.29) is 5.82 Å². The Morgan fingerprint density at radius 3 is 2.68 bits per heavy atom. The van der Waals surface area contributed by atoms with Crippen LogP contribution in [0.5, 0.6) is 5.75 Å². The van der Waals surface area contributed by atoms with Crippen LogP contribution in [0.1, 0.15) is 16.3 Å². The molecule has 0 fully saturated rings. The third kappa shape index (κ3) is 5.00. The molecule has 0 atom stereocenters. The fourth-order valence-corrected chi connectivity index (χ4v) is 5.02. The smallest absolute Gasteiger partial charge is 0.196 e. The van der Waals surface area contributed by atoms with Crippen molar-refractivity contribution >= 4 is 23.1 Å². The Balaban J connectivity index is 1.34. The van der Waals surface area contributed by atoms with Gasteiger partial charge in [0.25, 0.3) is 0 Å². The molecular formula is C25H20FN5OS2. The number of aryl methyl sites for hydroxylation is 1. The lowest BCUT2D eigenvalue weighted by Gasteiger charge is -2.12. The van der Waals surface area contributed by atoms with Crippen LogP contribution in [0, 0.1) is 12.7 Å². The summed E-state index contributed by atoms with van der Waals surface area (Å²) < 4.78 is 20.8. The van der Waals surface area contributed by atoms with Crippen LogP contribution in [0.3, 0.4) is 0 Å². The number of thiazole rings is 1. The minimum Gasteiger partial charge on any atom is -0.486 e. The summed E-state index contributed by atoms with van der Waals surface area (Å²) in [5.74, 6) is 1.72. The molecule has 0 amide bonds. The van der Waals surface area contributed by atoms with Gasteiger partial charge in [-0.05, 0) is 55.0 Å². The number of para-hydroxylation sites is 1. The van der Waals surface area contributed by atoms with E-state index in [0.717, 1.165) is 38.5 Å². The molecule has 0 saturated heterocycles. The molecule has 6 nitrogen and oxygen atoms in total. The van der Waals surface area contributed by atoms with Crippen LogP contribution in [0.25, 0.3) is 17.1 Å². The number of nitrogens with zero attached hydrogens (tertiary/aromatic N) is 5. The lowest BCUT2D eigenvalue weighted by atomic mass is 10.2. The molecule has 3 aromatic heterocycles. The molecule has 0 bridgehead atoms. The first-order valence-electron chi connectivity index (χ1n) is 10.5. The molecule has 0 aliphatic rings. The monoisotopic (exact) mass is 489 g/mol. The minimum absolute atomic E-state index is 0.286. The van der Waals surface area contributed by atoms with Crippen LogP contribution in [-0.2, 0) is 12.4 Å². The van der Waals surface area contributed by atoms with Gasteiger partial charge in [-0.25, -0.2) is 9.37 Å². The molecule has 34 heavy (non-hydrogen) atoms. The number of thioether (sulfide) groups is 1. The van der Waals surface area contributed by atoms with Gasteiger partial charge in [0.2, 0.25) is 0 Å². The molecule has 2 aromatic carbocycles. The Morgan fingerprint density at radius 2 is 1.88 bits per heavy atom. The van der Waals surface area contributed by atoms with Crippen molar-refractivity contribution < 1.29 is 9.13 Å². The second-order valence-corrected chi connectivity index (χ2v) is 9.32. The highest BCUT2D eigenvalue weighted by Gasteiger charge is 2.18. The topological polar surface area (TPSA) is 65.7 Å². The number of ether oxygens (including phenoxy) is 1. The summed E-state index contributed by atoms with van der Waals surface area (Å²) >= 11 is 3.12. The summed E-state index contributed by atoms with van der Waals surface area (Å²) in [6, 6.07) is 18.0. The van der Waals surface area contributed by atoms with Crippen molar-refractivity contribution in [1.82, 2.24) is 24.7 Å². The number of rotatable bonds is 8. The number of pyridine rings is 1. The van der Waals surface area contributed by atoms with Gasteiger partial charge in [0, 0.05) is 29.1 Å². The molecule has 170 valence electrons. The molecule has 0 aliphatic heterocycles. The predicted octanol–water partition coefficient (Wildman–Crippen LogP) is 6.10. The van der Waals surface area contributed by atoms with E-state index < -0.39 is 0 Å². The first-order chi connectivity index (χ1) is 16.7. The molecule has 0 spiro atoms. The van der Waals surface area contributed by atoms with E-state index >= 15 is 0 Å². The molecule has 0 saturated carbocycles. The molecule has 5 aromatic rings. The van der Waals surface area contributed by atoms with Gasteiger partial charge < -0.3 is 4.74 Å². The molecule has 0 radical (unpaired) electrons. The van der Waals surface area contributed by atoms with Crippen molar-refractivity contribution in [2.45, 2.75) is 24.4 Å². The Bertz CT molecular complexity index is 1390. The summed E-state index contributed by atoms with van der Waals surface area (Å²) in [4.78, 5) is 8.91. The average Bonchev–Trinajstić information content (AvgIpc) is 3.50. The van der Waals surface area contributed by atoms with Crippen molar-refractivity contribution in [3.8, 4) is 22.8 Å². The summed E-state index contributed by atoms with van der Waals surface area (Å²) in [5, 5.41) is 12.6. The van der Waals surface area contributed by atoms with Crippen LogP contribution >= 0.6 is 23.1 Å². The van der Waals surface area contributed by atoms with E-state index in [9.17, 15) is 4.39 Å². The Morgan fingerprint density at radius 1 is 1.03 bits per heavy atom. The molecule has 0 aliphatic carbocycles. The quantitative estimate of drug-likeness (QED) is 0.245. The van der Waals surface area contributed by atoms with Gasteiger partial charge in [0.15, 0.2) is 11.0 Å². The van der Waals surface area contributed by atoms with Gasteiger partial charge in [-0.15, -0.1) is 21.5 Å². The van der Waals surface area contributed by atoms with Crippen molar-refractivity contribution in [2.24, 2.45) is 0 Å². The number of hydrogen-bond acceptors (Lipinski definition) is 7. The van der Waals surface area contributed by atoms with Gasteiger partial charge in [-0.1, -0.05) is 30.0 Å². The minimum atomic E-state index is -0.286. The summed E-state index contributed by atoms with van der Waals surface area (Å²) in [6.45, 7) is 2.41. The van der Waals surface area contributed by atoms with Crippen molar-refractivity contribution in [3.63, 3.8) is 0 Å². The zero-order chi connectivity index (χ0) is 23.3. The van der Waals surface area contributed by atoms with Crippen LogP contribution in [0.15, 0.2) is 83.6 Å². The highest BCUT2D eigenvalue weighted by molar-refractivity contribution is 7.98. The summed E-state index contributed by atoms with van der Waals surface area (Å²) in [6.07, 6.45) is 3.54. The molecule has 9 heteroatoms. The van der Waals surface area contributed by atoms with Gasteiger partial charge in [0.05, 0.1) is 11.4 Å². The lowest BCUT2D eigenvalue weighted by Crippen LogP contribution is -2.02. The fourth-order valence-electron chi connectivity index (χ4n) is 3.37. The maximum Gasteiger partial charge on any atom is 0.196 e. The van der Waals surface area contributed by atoms with Crippen molar-refractivity contribution in [3.05, 3.63) is 101 Å². The van der Waals surface area contributed by atoms with Gasteiger partial charge in [-0.2, -0.15) is 0 Å². The van der Waals surface area contributed by atoms with E-state index in [1.165, 1.54) is 23.5 Å². The maximum atomic E-state index is 13.1. The lowest BCUT2D eigenvalue weighted by molar-refractivity contribution is 0.305. The van der Waals surface area contributed by atoms with Crippen LogP contribution in [-0.4, -0.2) is 24.7 Å². The Kier molecular flexibility index (Phi) is 6.64. The predicted molar refractivity (Wildman–Crippen MR) is 132 cm³/mol. The standard InChI is InChI=1S/C25H20FN5OS2/c1-17-5-2-3-7-22(17)31-24(18-6-4-12-27-13-18)29-30-25(31)34-16-20-15-33-23(28-20)14-32-21-10-8-19(26)9-11-21/h2-13,15H,14,16H2,1H3. The molecular weight excluding hydrogens is 469 g/mol. The van der Waals surface area contributed by atoms with Crippen LogP contribution in [0.4, 0.5) is 4.39 Å². The second-order valence-electron chi connectivity index (χ2n) is 7.43. The Labute approximate surface area is 204 Å². The third-order valence-electron chi connectivity index (χ3n) is 5.03. The van der Waals surface area contributed by atoms with Gasteiger partial charge in [-0.3, -0.25) is 9.55 Å². The van der Waals surface area contributed by atoms with Gasteiger partial charge in [0.1, 0.15) is 23.2 Å². The van der Waals surface area contributed by atoms with E-state index in [1.807, 2.05) is 29.6 Å². The van der Waals surface area contributed by atoms with Crippen LogP contribution in [0.2, 0.25) is 0 Å². The highest BCUT2D eigenvalue weighted by atomic mass is 32.2. The first-order valence-corrected chi connectivity index (χ1v) is 12.4. The molecule has 0 unspecified atom stereocenters. The van der Waals surface area contributed by atoms with Gasteiger partial charge >= 0.3 is 0 Å². The SMILES string of the molecule is Cc1ccccc1-n1c(SCc2csc(COc3ccc(F)cc3)n2)nnc1-c1cccnc1. The number of hydrogen-bond donors (Lipinski definition) is 0. The zero-order valence-electron chi connectivity index (χ0n) is 18.3. The van der Waals surface area contributed by atoms with E-state index in [4.69, 9.17) is 4.74 Å². The molecule has 5 rings (SSSR count). The summed E-state index contributed by atoms with van der Waals surface area (Å²) in [5.41, 5.74) is 4.00. The van der Waals surface area contributed by atoms with E-state index in [1.54, 1.807) is 36.3 Å². The number of aromatic nitrogens is 5. The highest BCUT2D eigenvalue weighted by Crippen LogP contribution is 2.31. The van der Waals surface area contributed by atoms with Crippen molar-refractivity contribution in [1.29, 1.82) is 0 Å². The number of benzene rings is 2. The van der Waals surface area contributed by atoms with Crippen LogP contribution < -0.4 is 4.74 Å². The Hall–Kier alpha value is -3.56. The molecule has 0 N–H and O–H groups in total. The normalized spacial score (nSPS) is 11.0. The van der Waals surface area contributed by atoms with E-state index in [2.05, 4.69) is 43.8 Å². The van der Waals surface area contributed by atoms with E-state index in [0.29, 0.717) is 18.1 Å². The zero-order valence-corrected chi connectivity index (χ0v) is 19.9.